The Balaban J connectivity index is 2.23. The maximum Gasteiger partial charge on any atom is 0.0535 e. The largest absolute Gasteiger partial charge is 0.307 e. The molecule has 0 aliphatic carbocycles. The van der Waals surface area contributed by atoms with Crippen LogP contribution in [0.15, 0.2) is 30.3 Å². The highest BCUT2D eigenvalue weighted by Crippen LogP contribution is 2.24. The topological polar surface area (TPSA) is 15.3 Å². The van der Waals surface area contributed by atoms with E-state index in [-0.39, 0.29) is 5.54 Å². The van der Waals surface area contributed by atoms with Gasteiger partial charge in [0, 0.05) is 12.6 Å². The van der Waals surface area contributed by atoms with Crippen LogP contribution in [0.2, 0.25) is 0 Å². The normalized spacial score (nSPS) is 27.1. The van der Waals surface area contributed by atoms with E-state index in [2.05, 4.69) is 61.3 Å². The van der Waals surface area contributed by atoms with Gasteiger partial charge in [0.2, 0.25) is 0 Å². The summed E-state index contributed by atoms with van der Waals surface area (Å²) in [5.74, 6) is 0. The Kier molecular flexibility index (Phi) is 3.85. The van der Waals surface area contributed by atoms with Crippen LogP contribution < -0.4 is 5.32 Å². The van der Waals surface area contributed by atoms with Crippen molar-refractivity contribution in [2.75, 3.05) is 19.6 Å². The van der Waals surface area contributed by atoms with E-state index in [4.69, 9.17) is 0 Å². The van der Waals surface area contributed by atoms with Crippen LogP contribution in [-0.4, -0.2) is 30.6 Å². The van der Waals surface area contributed by atoms with Gasteiger partial charge in [0.1, 0.15) is 0 Å². The van der Waals surface area contributed by atoms with E-state index in [1.54, 1.807) is 0 Å². The van der Waals surface area contributed by atoms with Crippen LogP contribution in [0, 0.1) is 0 Å². The van der Waals surface area contributed by atoms with Gasteiger partial charge in [-0.15, -0.1) is 0 Å². The molecule has 1 heterocycles. The first-order valence-electron chi connectivity index (χ1n) is 6.66. The van der Waals surface area contributed by atoms with Gasteiger partial charge in [-0.2, -0.15) is 0 Å². The summed E-state index contributed by atoms with van der Waals surface area (Å²) < 4.78 is 0. The number of hydrogen-bond acceptors (Lipinski definition) is 2. The van der Waals surface area contributed by atoms with Gasteiger partial charge in [-0.3, -0.25) is 4.90 Å². The molecule has 0 bridgehead atoms. The molecule has 2 rings (SSSR count). The predicted molar refractivity (Wildman–Crippen MR) is 73.1 cm³/mol. The molecule has 1 aromatic rings. The first kappa shape index (κ1) is 12.6. The number of hydrogen-bond donors (Lipinski definition) is 1. The van der Waals surface area contributed by atoms with Crippen LogP contribution in [0.1, 0.15) is 32.8 Å². The molecule has 1 saturated heterocycles. The standard InChI is InChI=1S/C15H24N2/c1-13(2)17-11-7-10-16-15(3,12-17)14-8-5-4-6-9-14/h4-6,8-9,13,16H,7,10-12H2,1-3H3. The second-order valence-corrected chi connectivity index (χ2v) is 5.54. The summed E-state index contributed by atoms with van der Waals surface area (Å²) in [6.07, 6.45) is 1.24. The van der Waals surface area contributed by atoms with Crippen LogP contribution in [0.5, 0.6) is 0 Å². The van der Waals surface area contributed by atoms with Crippen molar-refractivity contribution < 1.29 is 0 Å². The Labute approximate surface area is 105 Å². The molecule has 2 heteroatoms. The molecule has 1 fully saturated rings. The zero-order valence-corrected chi connectivity index (χ0v) is 11.2. The van der Waals surface area contributed by atoms with Crippen molar-refractivity contribution in [2.45, 2.75) is 38.8 Å². The van der Waals surface area contributed by atoms with Crippen LogP contribution in [0.25, 0.3) is 0 Å². The van der Waals surface area contributed by atoms with Crippen molar-refractivity contribution in [3.63, 3.8) is 0 Å². The molecule has 0 amide bonds. The van der Waals surface area contributed by atoms with E-state index in [1.165, 1.54) is 18.5 Å². The number of rotatable bonds is 2. The maximum atomic E-state index is 3.72. The fraction of sp³-hybridized carbons (Fsp3) is 0.600. The zero-order chi connectivity index (χ0) is 12.3. The Morgan fingerprint density at radius 2 is 1.94 bits per heavy atom. The second-order valence-electron chi connectivity index (χ2n) is 5.54. The Bertz CT molecular complexity index is 347. The van der Waals surface area contributed by atoms with Gasteiger partial charge in [0.05, 0.1) is 5.54 Å². The number of benzene rings is 1. The van der Waals surface area contributed by atoms with Crippen molar-refractivity contribution in [1.29, 1.82) is 0 Å². The lowest BCUT2D eigenvalue weighted by atomic mass is 9.91. The smallest absolute Gasteiger partial charge is 0.0535 e. The fourth-order valence-corrected chi connectivity index (χ4v) is 2.63. The van der Waals surface area contributed by atoms with Crippen molar-refractivity contribution >= 4 is 0 Å². The minimum Gasteiger partial charge on any atom is -0.307 e. The van der Waals surface area contributed by atoms with E-state index >= 15 is 0 Å². The average molecular weight is 232 g/mol. The van der Waals surface area contributed by atoms with Gasteiger partial charge in [0.15, 0.2) is 0 Å². The predicted octanol–water partition coefficient (Wildman–Crippen LogP) is 2.61. The van der Waals surface area contributed by atoms with E-state index < -0.39 is 0 Å². The molecule has 2 nitrogen and oxygen atoms in total. The van der Waals surface area contributed by atoms with Gasteiger partial charge < -0.3 is 5.32 Å². The van der Waals surface area contributed by atoms with E-state index in [0.717, 1.165) is 13.1 Å². The van der Waals surface area contributed by atoms with Crippen molar-refractivity contribution in [3.8, 4) is 0 Å². The average Bonchev–Trinajstić information content (AvgIpc) is 2.54. The summed E-state index contributed by atoms with van der Waals surface area (Å²) in [7, 11) is 0. The fourth-order valence-electron chi connectivity index (χ4n) is 2.63. The SMILES string of the molecule is CC(C)N1CCCNC(C)(c2ccccc2)C1. The van der Waals surface area contributed by atoms with Crippen LogP contribution in [0.3, 0.4) is 0 Å². The summed E-state index contributed by atoms with van der Waals surface area (Å²) in [4.78, 5) is 2.58. The van der Waals surface area contributed by atoms with Gasteiger partial charge in [-0.25, -0.2) is 0 Å². The first-order valence-corrected chi connectivity index (χ1v) is 6.66. The molecule has 0 saturated carbocycles. The van der Waals surface area contributed by atoms with Crippen molar-refractivity contribution in [2.24, 2.45) is 0 Å². The lowest BCUT2D eigenvalue weighted by Gasteiger charge is -2.36. The molecule has 1 unspecified atom stereocenters. The molecule has 17 heavy (non-hydrogen) atoms. The van der Waals surface area contributed by atoms with Gasteiger partial charge >= 0.3 is 0 Å². The summed E-state index contributed by atoms with van der Waals surface area (Å²) in [6.45, 7) is 10.3. The highest BCUT2D eigenvalue weighted by molar-refractivity contribution is 5.24. The lowest BCUT2D eigenvalue weighted by Crippen LogP contribution is -2.48. The summed E-state index contributed by atoms with van der Waals surface area (Å²) in [5.41, 5.74) is 1.48. The van der Waals surface area contributed by atoms with E-state index in [1.807, 2.05) is 0 Å². The number of nitrogens with zero attached hydrogens (tertiary/aromatic N) is 1. The third-order valence-electron chi connectivity index (χ3n) is 3.80. The Hall–Kier alpha value is -0.860. The monoisotopic (exact) mass is 232 g/mol. The molecule has 94 valence electrons. The molecular weight excluding hydrogens is 208 g/mol. The Morgan fingerprint density at radius 1 is 1.24 bits per heavy atom. The van der Waals surface area contributed by atoms with Gasteiger partial charge in [-0.05, 0) is 45.8 Å². The molecule has 0 spiro atoms. The summed E-state index contributed by atoms with van der Waals surface area (Å²) in [5, 5.41) is 3.72. The second kappa shape index (κ2) is 5.19. The molecule has 0 radical (unpaired) electrons. The minimum atomic E-state index is 0.0853. The van der Waals surface area contributed by atoms with Crippen molar-refractivity contribution in [3.05, 3.63) is 35.9 Å². The van der Waals surface area contributed by atoms with Gasteiger partial charge in [-0.1, -0.05) is 30.3 Å². The number of nitrogens with one attached hydrogen (secondary N) is 1. The van der Waals surface area contributed by atoms with Crippen LogP contribution in [-0.2, 0) is 5.54 Å². The highest BCUT2D eigenvalue weighted by Gasteiger charge is 2.31. The lowest BCUT2D eigenvalue weighted by molar-refractivity contribution is 0.181. The summed E-state index contributed by atoms with van der Waals surface area (Å²) in [6, 6.07) is 11.4. The summed E-state index contributed by atoms with van der Waals surface area (Å²) >= 11 is 0. The van der Waals surface area contributed by atoms with Crippen LogP contribution in [0.4, 0.5) is 0 Å². The molecule has 1 aliphatic heterocycles. The highest BCUT2D eigenvalue weighted by atomic mass is 15.2. The van der Waals surface area contributed by atoms with Crippen LogP contribution >= 0.6 is 0 Å². The Morgan fingerprint density at radius 3 is 2.59 bits per heavy atom. The molecule has 0 aromatic heterocycles. The van der Waals surface area contributed by atoms with Crippen molar-refractivity contribution in [1.82, 2.24) is 10.2 Å². The third kappa shape index (κ3) is 2.88. The molecule has 1 aromatic carbocycles. The molecular formula is C15H24N2. The first-order chi connectivity index (χ1) is 8.12. The van der Waals surface area contributed by atoms with E-state index in [0.29, 0.717) is 6.04 Å². The zero-order valence-electron chi connectivity index (χ0n) is 11.2. The molecule has 1 aliphatic rings. The molecule has 1 N–H and O–H groups in total. The van der Waals surface area contributed by atoms with Gasteiger partial charge in [0.25, 0.3) is 0 Å². The quantitative estimate of drug-likeness (QED) is 0.843. The molecule has 1 atom stereocenters. The van der Waals surface area contributed by atoms with E-state index in [9.17, 15) is 0 Å². The maximum absolute atomic E-state index is 3.72. The minimum absolute atomic E-state index is 0.0853. The third-order valence-corrected chi connectivity index (χ3v) is 3.80.